The summed E-state index contributed by atoms with van der Waals surface area (Å²) in [6.45, 7) is 5.49. The zero-order valence-corrected chi connectivity index (χ0v) is 20.6. The van der Waals surface area contributed by atoms with E-state index in [-0.39, 0.29) is 23.9 Å². The van der Waals surface area contributed by atoms with Crippen molar-refractivity contribution in [2.75, 3.05) is 20.8 Å². The van der Waals surface area contributed by atoms with Gasteiger partial charge in [-0.15, -0.1) is 0 Å². The molecular weight excluding hydrogens is 479 g/mol. The average Bonchev–Trinajstić information content (AvgIpc) is 3.06. The number of halogens is 3. The normalized spacial score (nSPS) is 18.2. The molecule has 8 nitrogen and oxygen atoms in total. The molecule has 2 N–H and O–H groups in total. The van der Waals surface area contributed by atoms with Gasteiger partial charge in [-0.05, 0) is 47.2 Å². The molecule has 1 atom stereocenters. The van der Waals surface area contributed by atoms with Gasteiger partial charge in [0.1, 0.15) is 0 Å². The molecule has 3 rings (SSSR count). The van der Waals surface area contributed by atoms with Gasteiger partial charge in [0.25, 0.3) is 17.5 Å². The molecule has 2 aromatic rings. The number of rotatable bonds is 7. The van der Waals surface area contributed by atoms with E-state index >= 15 is 0 Å². The molecule has 0 aliphatic carbocycles. The van der Waals surface area contributed by atoms with Crippen LogP contribution in [0.15, 0.2) is 42.5 Å². The third-order valence-corrected chi connectivity index (χ3v) is 5.92. The second-order valence-corrected chi connectivity index (χ2v) is 9.36. The molecule has 4 amide bonds. The highest BCUT2D eigenvalue weighted by atomic mass is 19.4. The Morgan fingerprint density at radius 2 is 1.61 bits per heavy atom. The van der Waals surface area contributed by atoms with E-state index in [9.17, 15) is 27.6 Å². The van der Waals surface area contributed by atoms with Gasteiger partial charge in [0.05, 0.1) is 14.2 Å². The molecular formula is C25H28F3N3O5. The fraction of sp³-hybridized carbons (Fsp3) is 0.400. The van der Waals surface area contributed by atoms with Crippen molar-refractivity contribution in [3.8, 4) is 11.5 Å². The molecule has 0 radical (unpaired) electrons. The van der Waals surface area contributed by atoms with Crippen LogP contribution in [-0.2, 0) is 16.6 Å². The predicted octanol–water partition coefficient (Wildman–Crippen LogP) is 3.78. The molecule has 1 heterocycles. The van der Waals surface area contributed by atoms with Gasteiger partial charge < -0.3 is 14.8 Å². The van der Waals surface area contributed by atoms with Crippen molar-refractivity contribution in [1.29, 1.82) is 0 Å². The molecule has 1 aliphatic rings. The fourth-order valence-corrected chi connectivity index (χ4v) is 3.77. The number of nitrogens with zero attached hydrogens (tertiary/aromatic N) is 1. The van der Waals surface area contributed by atoms with Crippen LogP contribution in [0.2, 0.25) is 0 Å². The number of carbonyl (C=O) groups excluding carboxylic acids is 3. The highest BCUT2D eigenvalue weighted by molar-refractivity contribution is 6.10. The number of urea groups is 1. The summed E-state index contributed by atoms with van der Waals surface area (Å²) >= 11 is 0. The number of hydrogen-bond donors (Lipinski definition) is 2. The molecule has 1 aliphatic heterocycles. The lowest BCUT2D eigenvalue weighted by Gasteiger charge is -2.30. The van der Waals surface area contributed by atoms with Gasteiger partial charge in [-0.1, -0.05) is 39.0 Å². The van der Waals surface area contributed by atoms with E-state index in [0.29, 0.717) is 22.0 Å². The van der Waals surface area contributed by atoms with E-state index < -0.39 is 29.7 Å². The maximum atomic E-state index is 14.1. The quantitative estimate of drug-likeness (QED) is 0.556. The number of imide groups is 1. The minimum atomic E-state index is -5.29. The van der Waals surface area contributed by atoms with Gasteiger partial charge >= 0.3 is 12.2 Å². The number of hydrogen-bond acceptors (Lipinski definition) is 5. The predicted molar refractivity (Wildman–Crippen MR) is 125 cm³/mol. The maximum absolute atomic E-state index is 14.1. The first-order valence-electron chi connectivity index (χ1n) is 11.1. The number of benzene rings is 2. The molecule has 2 aromatic carbocycles. The maximum Gasteiger partial charge on any atom is 0.440 e. The fourth-order valence-electron chi connectivity index (χ4n) is 3.77. The van der Waals surface area contributed by atoms with Gasteiger partial charge in [0.2, 0.25) is 0 Å². The van der Waals surface area contributed by atoms with E-state index in [1.165, 1.54) is 26.4 Å². The summed E-state index contributed by atoms with van der Waals surface area (Å²) in [5, 5.41) is 3.38. The number of carbonyl (C=O) groups is 3. The highest BCUT2D eigenvalue weighted by Gasteiger charge is 2.68. The molecule has 1 unspecified atom stereocenters. The first-order valence-corrected chi connectivity index (χ1v) is 11.1. The van der Waals surface area contributed by atoms with Gasteiger partial charge in [-0.3, -0.25) is 19.8 Å². The van der Waals surface area contributed by atoms with Crippen LogP contribution in [-0.4, -0.2) is 55.3 Å². The van der Waals surface area contributed by atoms with Crippen LogP contribution in [0, 0.1) is 0 Å². The van der Waals surface area contributed by atoms with Crippen molar-refractivity contribution in [3.63, 3.8) is 0 Å². The van der Waals surface area contributed by atoms with Crippen molar-refractivity contribution in [2.45, 2.75) is 44.4 Å². The Labute approximate surface area is 206 Å². The Balaban J connectivity index is 1.82. The standard InChI is InChI=1S/C25H28F3N3O5/c1-23(2,3)17-9-7-16(8-10-17)20(32)29-24(25(26,27)28)21(33)31(22(34)30-24)13-12-15-6-11-18(35-4)19(14-15)36-5/h6-11,14H,12-13H2,1-5H3,(H,29,32)(H,30,34). The SMILES string of the molecule is COc1ccc(CCN2C(=O)NC(NC(=O)c3ccc(C(C)(C)C)cc3)(C(F)(F)F)C2=O)cc1OC. The Kier molecular flexibility index (Phi) is 7.24. The van der Waals surface area contributed by atoms with Crippen LogP contribution in [0.25, 0.3) is 0 Å². The molecule has 0 spiro atoms. The van der Waals surface area contributed by atoms with Crippen molar-refractivity contribution < 1.29 is 37.0 Å². The lowest BCUT2D eigenvalue weighted by molar-refractivity contribution is -0.200. The number of methoxy groups -OCH3 is 2. The first-order chi connectivity index (χ1) is 16.7. The topological polar surface area (TPSA) is 97.0 Å². The Bertz CT molecular complexity index is 1160. The van der Waals surface area contributed by atoms with Gasteiger partial charge in [-0.25, -0.2) is 4.79 Å². The minimum Gasteiger partial charge on any atom is -0.493 e. The monoisotopic (exact) mass is 507 g/mol. The van der Waals surface area contributed by atoms with Crippen LogP contribution >= 0.6 is 0 Å². The van der Waals surface area contributed by atoms with E-state index in [4.69, 9.17) is 9.47 Å². The number of nitrogens with one attached hydrogen (secondary N) is 2. The molecule has 0 saturated carbocycles. The van der Waals surface area contributed by atoms with Crippen molar-refractivity contribution in [2.24, 2.45) is 0 Å². The third-order valence-electron chi connectivity index (χ3n) is 5.92. The first kappa shape index (κ1) is 26.8. The van der Waals surface area contributed by atoms with Crippen molar-refractivity contribution >= 4 is 17.8 Å². The molecule has 194 valence electrons. The van der Waals surface area contributed by atoms with E-state index in [1.54, 1.807) is 41.0 Å². The van der Waals surface area contributed by atoms with Gasteiger partial charge in [0, 0.05) is 12.1 Å². The Hall–Kier alpha value is -3.76. The van der Waals surface area contributed by atoms with E-state index in [2.05, 4.69) is 0 Å². The van der Waals surface area contributed by atoms with Crippen LogP contribution in [0.5, 0.6) is 11.5 Å². The summed E-state index contributed by atoms with van der Waals surface area (Å²) in [6, 6.07) is 9.56. The van der Waals surface area contributed by atoms with Crippen molar-refractivity contribution in [1.82, 2.24) is 15.5 Å². The average molecular weight is 508 g/mol. The number of alkyl halides is 3. The second-order valence-electron chi connectivity index (χ2n) is 9.36. The summed E-state index contributed by atoms with van der Waals surface area (Å²) in [5.41, 5.74) is -2.43. The van der Waals surface area contributed by atoms with E-state index in [1.807, 2.05) is 20.8 Å². The Morgan fingerprint density at radius 3 is 2.14 bits per heavy atom. The minimum absolute atomic E-state index is 0.0513. The summed E-state index contributed by atoms with van der Waals surface area (Å²) in [4.78, 5) is 38.6. The van der Waals surface area contributed by atoms with Crippen molar-refractivity contribution in [3.05, 3.63) is 59.2 Å². The Morgan fingerprint density at radius 1 is 1.00 bits per heavy atom. The van der Waals surface area contributed by atoms with Crippen LogP contribution in [0.1, 0.15) is 42.3 Å². The smallest absolute Gasteiger partial charge is 0.440 e. The summed E-state index contributed by atoms with van der Waals surface area (Å²) in [6.07, 6.45) is -5.24. The largest absolute Gasteiger partial charge is 0.493 e. The summed E-state index contributed by atoms with van der Waals surface area (Å²) in [7, 11) is 2.88. The zero-order valence-electron chi connectivity index (χ0n) is 20.6. The van der Waals surface area contributed by atoms with Crippen LogP contribution in [0.4, 0.5) is 18.0 Å². The third kappa shape index (κ3) is 5.09. The van der Waals surface area contributed by atoms with Gasteiger partial charge in [-0.2, -0.15) is 13.2 Å². The lowest BCUT2D eigenvalue weighted by Crippen LogP contribution is -2.69. The van der Waals surface area contributed by atoms with Crippen LogP contribution < -0.4 is 20.1 Å². The molecule has 1 saturated heterocycles. The molecule has 1 fully saturated rings. The molecule has 36 heavy (non-hydrogen) atoms. The van der Waals surface area contributed by atoms with Gasteiger partial charge in [0.15, 0.2) is 11.5 Å². The summed E-state index contributed by atoms with van der Waals surface area (Å²) < 4.78 is 52.8. The van der Waals surface area contributed by atoms with Crippen LogP contribution in [0.3, 0.4) is 0 Å². The molecule has 0 bridgehead atoms. The zero-order chi connectivity index (χ0) is 26.9. The highest BCUT2D eigenvalue weighted by Crippen LogP contribution is 2.35. The number of ether oxygens (including phenoxy) is 2. The molecule has 11 heteroatoms. The van der Waals surface area contributed by atoms with E-state index in [0.717, 1.165) is 5.56 Å². The molecule has 0 aromatic heterocycles. The summed E-state index contributed by atoms with van der Waals surface area (Å²) in [5.74, 6) is -1.92. The number of amides is 4. The lowest BCUT2D eigenvalue weighted by atomic mass is 9.86. The second kappa shape index (κ2) is 9.71.